The molecule has 0 amide bonds. The van der Waals surface area contributed by atoms with Crippen molar-refractivity contribution in [3.8, 4) is 0 Å². The van der Waals surface area contributed by atoms with Crippen molar-refractivity contribution in [2.24, 2.45) is 11.1 Å². The van der Waals surface area contributed by atoms with Crippen molar-refractivity contribution in [3.63, 3.8) is 0 Å². The molecule has 0 unspecified atom stereocenters. The van der Waals surface area contributed by atoms with Crippen LogP contribution < -0.4 is 5.73 Å². The molecule has 17 heavy (non-hydrogen) atoms. The Balaban J connectivity index is 2.29. The molecule has 0 spiro atoms. The van der Waals surface area contributed by atoms with Crippen molar-refractivity contribution in [2.45, 2.75) is 46.6 Å². The fraction of sp³-hybridized carbons (Fsp3) is 1.00. The van der Waals surface area contributed by atoms with E-state index < -0.39 is 0 Å². The normalized spacial score (nSPS) is 20.8. The maximum absolute atomic E-state index is 5.77. The van der Waals surface area contributed by atoms with Gasteiger partial charge < -0.3 is 10.6 Å². The molecule has 0 radical (unpaired) electrons. The summed E-state index contributed by atoms with van der Waals surface area (Å²) in [6.07, 6.45) is 1.21. The predicted octanol–water partition coefficient (Wildman–Crippen LogP) is 1.78. The zero-order valence-electron chi connectivity index (χ0n) is 12.4. The molecule has 3 heteroatoms. The lowest BCUT2D eigenvalue weighted by Crippen LogP contribution is -2.53. The predicted molar refractivity (Wildman–Crippen MR) is 75.2 cm³/mol. The molecule has 1 rings (SSSR count). The van der Waals surface area contributed by atoms with Crippen molar-refractivity contribution in [1.82, 2.24) is 9.80 Å². The van der Waals surface area contributed by atoms with Gasteiger partial charge in [-0.1, -0.05) is 13.8 Å². The molecule has 0 atom stereocenters. The fourth-order valence-electron chi connectivity index (χ4n) is 2.21. The Morgan fingerprint density at radius 2 is 1.47 bits per heavy atom. The van der Waals surface area contributed by atoms with Crippen LogP contribution in [0.25, 0.3) is 0 Å². The molecule has 1 heterocycles. The fourth-order valence-corrected chi connectivity index (χ4v) is 2.21. The number of piperazine rings is 1. The highest BCUT2D eigenvalue weighted by atomic mass is 15.3. The summed E-state index contributed by atoms with van der Waals surface area (Å²) in [7, 11) is 0. The third kappa shape index (κ3) is 4.94. The Hall–Kier alpha value is -0.120. The van der Waals surface area contributed by atoms with Gasteiger partial charge in [-0.25, -0.2) is 0 Å². The Morgan fingerprint density at radius 3 is 1.88 bits per heavy atom. The van der Waals surface area contributed by atoms with Gasteiger partial charge in [-0.05, 0) is 45.7 Å². The van der Waals surface area contributed by atoms with Crippen LogP contribution in [-0.2, 0) is 0 Å². The Morgan fingerprint density at radius 1 is 0.941 bits per heavy atom. The second kappa shape index (κ2) is 5.68. The van der Waals surface area contributed by atoms with Gasteiger partial charge in [-0.3, -0.25) is 4.90 Å². The quantitative estimate of drug-likeness (QED) is 0.814. The largest absolute Gasteiger partial charge is 0.330 e. The zero-order valence-corrected chi connectivity index (χ0v) is 12.4. The SMILES string of the molecule is CC(C)(CN)CCN1CCN(C(C)(C)C)CC1. The Bertz CT molecular complexity index is 222. The van der Waals surface area contributed by atoms with Crippen LogP contribution in [0.15, 0.2) is 0 Å². The van der Waals surface area contributed by atoms with Gasteiger partial charge in [0, 0.05) is 31.7 Å². The second-order valence-electron chi connectivity index (χ2n) is 7.12. The lowest BCUT2D eigenvalue weighted by Gasteiger charge is -2.42. The summed E-state index contributed by atoms with van der Waals surface area (Å²) in [6.45, 7) is 18.2. The summed E-state index contributed by atoms with van der Waals surface area (Å²) in [5.74, 6) is 0. The highest BCUT2D eigenvalue weighted by Crippen LogP contribution is 2.20. The molecule has 0 saturated carbocycles. The van der Waals surface area contributed by atoms with Crippen molar-refractivity contribution in [1.29, 1.82) is 0 Å². The molecule has 1 saturated heterocycles. The van der Waals surface area contributed by atoms with E-state index in [1.54, 1.807) is 0 Å². The van der Waals surface area contributed by atoms with Crippen LogP contribution in [0.5, 0.6) is 0 Å². The summed E-state index contributed by atoms with van der Waals surface area (Å²) in [5.41, 5.74) is 6.39. The van der Waals surface area contributed by atoms with E-state index in [-0.39, 0.29) is 0 Å². The van der Waals surface area contributed by atoms with Crippen LogP contribution in [-0.4, -0.2) is 54.6 Å². The van der Waals surface area contributed by atoms with E-state index in [0.717, 1.165) is 6.54 Å². The second-order valence-corrected chi connectivity index (χ2v) is 7.12. The highest BCUT2D eigenvalue weighted by molar-refractivity contribution is 4.82. The van der Waals surface area contributed by atoms with E-state index >= 15 is 0 Å². The Labute approximate surface area is 107 Å². The van der Waals surface area contributed by atoms with Crippen LogP contribution in [0.1, 0.15) is 41.0 Å². The summed E-state index contributed by atoms with van der Waals surface area (Å²) in [4.78, 5) is 5.16. The summed E-state index contributed by atoms with van der Waals surface area (Å²) >= 11 is 0. The summed E-state index contributed by atoms with van der Waals surface area (Å²) in [5, 5.41) is 0. The molecular formula is C14H31N3. The van der Waals surface area contributed by atoms with E-state index in [4.69, 9.17) is 5.73 Å². The van der Waals surface area contributed by atoms with E-state index in [1.165, 1.54) is 39.1 Å². The van der Waals surface area contributed by atoms with Crippen LogP contribution in [0.4, 0.5) is 0 Å². The van der Waals surface area contributed by atoms with Gasteiger partial charge >= 0.3 is 0 Å². The molecule has 0 aliphatic carbocycles. The van der Waals surface area contributed by atoms with E-state index in [0.29, 0.717) is 11.0 Å². The lowest BCUT2D eigenvalue weighted by atomic mass is 9.89. The lowest BCUT2D eigenvalue weighted by molar-refractivity contribution is 0.0573. The molecule has 0 aromatic heterocycles. The van der Waals surface area contributed by atoms with Crippen LogP contribution in [0.3, 0.4) is 0 Å². The van der Waals surface area contributed by atoms with Crippen LogP contribution in [0, 0.1) is 5.41 Å². The van der Waals surface area contributed by atoms with E-state index in [9.17, 15) is 0 Å². The minimum Gasteiger partial charge on any atom is -0.330 e. The number of hydrogen-bond acceptors (Lipinski definition) is 3. The Kier molecular flexibility index (Phi) is 4.99. The van der Waals surface area contributed by atoms with Gasteiger partial charge in [0.25, 0.3) is 0 Å². The third-order valence-electron chi connectivity index (χ3n) is 3.98. The molecule has 3 nitrogen and oxygen atoms in total. The van der Waals surface area contributed by atoms with Gasteiger partial charge in [0.15, 0.2) is 0 Å². The van der Waals surface area contributed by atoms with Gasteiger partial charge in [0.05, 0.1) is 0 Å². The first kappa shape index (κ1) is 14.9. The average molecular weight is 241 g/mol. The molecular weight excluding hydrogens is 210 g/mol. The third-order valence-corrected chi connectivity index (χ3v) is 3.98. The first-order valence-corrected chi connectivity index (χ1v) is 6.92. The first-order valence-electron chi connectivity index (χ1n) is 6.92. The van der Waals surface area contributed by atoms with Gasteiger partial charge in [0.2, 0.25) is 0 Å². The van der Waals surface area contributed by atoms with Crippen molar-refractivity contribution in [2.75, 3.05) is 39.3 Å². The average Bonchev–Trinajstić information content (AvgIpc) is 2.26. The van der Waals surface area contributed by atoms with Crippen LogP contribution >= 0.6 is 0 Å². The van der Waals surface area contributed by atoms with Crippen LogP contribution in [0.2, 0.25) is 0 Å². The van der Waals surface area contributed by atoms with Gasteiger partial charge in [-0.15, -0.1) is 0 Å². The first-order chi connectivity index (χ1) is 7.74. The standard InChI is InChI=1S/C14H31N3/c1-13(2,3)17-10-8-16(9-11-17)7-6-14(4,5)12-15/h6-12,15H2,1-5H3. The molecule has 0 aromatic carbocycles. The van der Waals surface area contributed by atoms with Crippen molar-refractivity contribution < 1.29 is 0 Å². The van der Waals surface area contributed by atoms with E-state index in [2.05, 4.69) is 44.4 Å². The van der Waals surface area contributed by atoms with E-state index in [1.807, 2.05) is 0 Å². The molecule has 102 valence electrons. The number of hydrogen-bond donors (Lipinski definition) is 1. The molecule has 1 aliphatic heterocycles. The summed E-state index contributed by atoms with van der Waals surface area (Å²) < 4.78 is 0. The zero-order chi connectivity index (χ0) is 13.1. The molecule has 0 aromatic rings. The maximum atomic E-state index is 5.77. The van der Waals surface area contributed by atoms with Gasteiger partial charge in [0.1, 0.15) is 0 Å². The number of nitrogens with two attached hydrogens (primary N) is 1. The molecule has 1 fully saturated rings. The monoisotopic (exact) mass is 241 g/mol. The molecule has 1 aliphatic rings. The minimum absolute atomic E-state index is 0.293. The number of nitrogens with zero attached hydrogens (tertiary/aromatic N) is 2. The molecule has 2 N–H and O–H groups in total. The summed E-state index contributed by atoms with van der Waals surface area (Å²) in [6, 6.07) is 0. The van der Waals surface area contributed by atoms with Gasteiger partial charge in [-0.2, -0.15) is 0 Å². The maximum Gasteiger partial charge on any atom is 0.0126 e. The smallest absolute Gasteiger partial charge is 0.0126 e. The van der Waals surface area contributed by atoms with Crippen molar-refractivity contribution in [3.05, 3.63) is 0 Å². The number of rotatable bonds is 4. The topological polar surface area (TPSA) is 32.5 Å². The van der Waals surface area contributed by atoms with Crippen molar-refractivity contribution >= 4 is 0 Å². The highest BCUT2D eigenvalue weighted by Gasteiger charge is 2.26. The molecule has 0 bridgehead atoms. The minimum atomic E-state index is 0.293.